The molecule has 184 valence electrons. The quantitative estimate of drug-likeness (QED) is 0.448. The minimum Gasteiger partial charge on any atom is -0.393 e. The SMILES string of the molecule is CC(C)(O)[C@H]1CC[C@@]2(C)[C@@H]1CC[C@]1(C)[C@H]2CC[C@@H]2[C@@]3(C)CCCC(C)(C)[C@@H]3[C@@H](O)C[C@]21C. The van der Waals surface area contributed by atoms with Gasteiger partial charge in [0.1, 0.15) is 0 Å². The standard InChI is InChI=1S/C30H52O2/c1-25(2)14-9-15-28(6)23-11-10-22-27(5)16-12-19(26(3,4)32)20(27)13-17-29(22,7)30(23,8)18-21(31)24(25)28/h19-24,31-32H,9-18H2,1-8H3/t19-,20+,21-,22-,23+,24-,27-,28+,29+,30+/m0/s1. The normalized spacial score (nSPS) is 57.2. The van der Waals surface area contributed by atoms with Gasteiger partial charge in [0, 0.05) is 0 Å². The van der Waals surface area contributed by atoms with E-state index in [1.54, 1.807) is 0 Å². The maximum atomic E-state index is 11.8. The van der Waals surface area contributed by atoms with Crippen molar-refractivity contribution in [2.45, 2.75) is 131 Å². The molecule has 0 aromatic heterocycles. The molecule has 2 heteroatoms. The Hall–Kier alpha value is -0.0800. The third-order valence-corrected chi connectivity index (χ3v) is 13.5. The second kappa shape index (κ2) is 6.77. The van der Waals surface area contributed by atoms with E-state index in [2.05, 4.69) is 55.4 Å². The van der Waals surface area contributed by atoms with E-state index < -0.39 is 5.60 Å². The van der Waals surface area contributed by atoms with Gasteiger partial charge in [0.15, 0.2) is 0 Å². The number of fused-ring (bicyclic) bond motifs is 7. The number of rotatable bonds is 1. The van der Waals surface area contributed by atoms with Gasteiger partial charge < -0.3 is 10.2 Å². The van der Waals surface area contributed by atoms with E-state index in [1.165, 1.54) is 57.8 Å². The second-order valence-electron chi connectivity index (χ2n) is 15.6. The molecule has 0 radical (unpaired) electrons. The molecule has 0 unspecified atom stereocenters. The first-order valence-corrected chi connectivity index (χ1v) is 14.0. The van der Waals surface area contributed by atoms with Crippen LogP contribution in [0.3, 0.4) is 0 Å². The molecular formula is C30H52O2. The van der Waals surface area contributed by atoms with Gasteiger partial charge in [-0.15, -0.1) is 0 Å². The molecule has 0 amide bonds. The fraction of sp³-hybridized carbons (Fsp3) is 1.00. The van der Waals surface area contributed by atoms with Gasteiger partial charge in [0.25, 0.3) is 0 Å². The summed E-state index contributed by atoms with van der Waals surface area (Å²) in [6, 6.07) is 0. The van der Waals surface area contributed by atoms with Crippen LogP contribution in [0.15, 0.2) is 0 Å². The molecule has 0 saturated heterocycles. The van der Waals surface area contributed by atoms with Gasteiger partial charge in [-0.25, -0.2) is 0 Å². The summed E-state index contributed by atoms with van der Waals surface area (Å²) < 4.78 is 0. The minimum absolute atomic E-state index is 0.162. The zero-order valence-corrected chi connectivity index (χ0v) is 22.4. The molecule has 5 saturated carbocycles. The largest absolute Gasteiger partial charge is 0.393 e. The Bertz CT molecular complexity index is 765. The number of aliphatic hydroxyl groups is 2. The molecule has 2 N–H and O–H groups in total. The van der Waals surface area contributed by atoms with Crippen LogP contribution in [-0.4, -0.2) is 21.9 Å². The molecule has 0 spiro atoms. The summed E-state index contributed by atoms with van der Waals surface area (Å²) in [5, 5.41) is 22.8. The van der Waals surface area contributed by atoms with Crippen molar-refractivity contribution in [2.24, 2.45) is 56.7 Å². The highest BCUT2D eigenvalue weighted by atomic mass is 16.3. The van der Waals surface area contributed by atoms with Crippen LogP contribution in [0.25, 0.3) is 0 Å². The molecule has 32 heavy (non-hydrogen) atoms. The van der Waals surface area contributed by atoms with E-state index in [-0.39, 0.29) is 22.3 Å². The van der Waals surface area contributed by atoms with Gasteiger partial charge in [-0.3, -0.25) is 0 Å². The lowest BCUT2D eigenvalue weighted by molar-refractivity contribution is -0.268. The molecule has 2 nitrogen and oxygen atoms in total. The predicted molar refractivity (Wildman–Crippen MR) is 132 cm³/mol. The summed E-state index contributed by atoms with van der Waals surface area (Å²) in [5.74, 6) is 3.01. The van der Waals surface area contributed by atoms with Crippen LogP contribution in [-0.2, 0) is 0 Å². The van der Waals surface area contributed by atoms with Crippen molar-refractivity contribution in [1.82, 2.24) is 0 Å². The van der Waals surface area contributed by atoms with Crippen LogP contribution in [0.5, 0.6) is 0 Å². The molecule has 10 atom stereocenters. The highest BCUT2D eigenvalue weighted by molar-refractivity contribution is 5.20. The van der Waals surface area contributed by atoms with Gasteiger partial charge in [0.05, 0.1) is 11.7 Å². The summed E-state index contributed by atoms with van der Waals surface area (Å²) in [5.41, 5.74) is 0.819. The fourth-order valence-corrected chi connectivity index (χ4v) is 12.3. The zero-order chi connectivity index (χ0) is 23.5. The molecule has 0 bridgehead atoms. The van der Waals surface area contributed by atoms with Crippen LogP contribution in [0.1, 0.15) is 120 Å². The Morgan fingerprint density at radius 3 is 1.97 bits per heavy atom. The van der Waals surface area contributed by atoms with Gasteiger partial charge in [-0.1, -0.05) is 48.0 Å². The summed E-state index contributed by atoms with van der Waals surface area (Å²) in [6.45, 7) is 19.4. The zero-order valence-electron chi connectivity index (χ0n) is 22.4. The smallest absolute Gasteiger partial charge is 0.0622 e. The van der Waals surface area contributed by atoms with E-state index in [9.17, 15) is 10.2 Å². The highest BCUT2D eigenvalue weighted by Crippen LogP contribution is 2.78. The lowest BCUT2D eigenvalue weighted by Gasteiger charge is -2.73. The van der Waals surface area contributed by atoms with Crippen molar-refractivity contribution in [3.63, 3.8) is 0 Å². The van der Waals surface area contributed by atoms with Gasteiger partial charge in [0.2, 0.25) is 0 Å². The Morgan fingerprint density at radius 2 is 1.34 bits per heavy atom. The summed E-state index contributed by atoms with van der Waals surface area (Å²) in [6.07, 6.45) is 12.5. The molecule has 5 aliphatic carbocycles. The van der Waals surface area contributed by atoms with Gasteiger partial charge in [-0.05, 0) is 128 Å². The summed E-state index contributed by atoms with van der Waals surface area (Å²) in [4.78, 5) is 0. The topological polar surface area (TPSA) is 40.5 Å². The van der Waals surface area contributed by atoms with E-state index in [0.717, 1.165) is 18.3 Å². The van der Waals surface area contributed by atoms with Crippen LogP contribution in [0.2, 0.25) is 0 Å². The van der Waals surface area contributed by atoms with Crippen molar-refractivity contribution in [3.05, 3.63) is 0 Å². The van der Waals surface area contributed by atoms with Crippen LogP contribution in [0, 0.1) is 56.7 Å². The maximum Gasteiger partial charge on any atom is 0.0622 e. The molecule has 5 rings (SSSR count). The van der Waals surface area contributed by atoms with Crippen molar-refractivity contribution in [1.29, 1.82) is 0 Å². The maximum absolute atomic E-state index is 11.8. The van der Waals surface area contributed by atoms with Crippen molar-refractivity contribution >= 4 is 0 Å². The van der Waals surface area contributed by atoms with Crippen LogP contribution >= 0.6 is 0 Å². The Morgan fingerprint density at radius 1 is 0.719 bits per heavy atom. The van der Waals surface area contributed by atoms with Gasteiger partial charge >= 0.3 is 0 Å². The van der Waals surface area contributed by atoms with Crippen molar-refractivity contribution < 1.29 is 10.2 Å². The Balaban J connectivity index is 1.54. The molecule has 0 heterocycles. The first-order chi connectivity index (χ1) is 14.6. The second-order valence-corrected chi connectivity index (χ2v) is 15.6. The third kappa shape index (κ3) is 2.78. The molecular weight excluding hydrogens is 392 g/mol. The highest BCUT2D eigenvalue weighted by Gasteiger charge is 2.72. The number of hydrogen-bond acceptors (Lipinski definition) is 2. The average Bonchev–Trinajstić information content (AvgIpc) is 2.98. The van der Waals surface area contributed by atoms with Crippen LogP contribution < -0.4 is 0 Å². The van der Waals surface area contributed by atoms with Crippen molar-refractivity contribution in [2.75, 3.05) is 0 Å². The Labute approximate surface area is 198 Å². The first-order valence-electron chi connectivity index (χ1n) is 14.0. The predicted octanol–water partition coefficient (Wildman–Crippen LogP) is 7.22. The summed E-state index contributed by atoms with van der Waals surface area (Å²) >= 11 is 0. The van der Waals surface area contributed by atoms with Gasteiger partial charge in [-0.2, -0.15) is 0 Å². The monoisotopic (exact) mass is 444 g/mol. The van der Waals surface area contributed by atoms with E-state index in [4.69, 9.17) is 0 Å². The van der Waals surface area contributed by atoms with E-state index in [0.29, 0.717) is 28.6 Å². The number of hydrogen-bond donors (Lipinski definition) is 2. The molecule has 0 aromatic rings. The van der Waals surface area contributed by atoms with Crippen molar-refractivity contribution in [3.8, 4) is 0 Å². The average molecular weight is 445 g/mol. The first kappa shape index (κ1) is 23.7. The fourth-order valence-electron chi connectivity index (χ4n) is 12.3. The molecule has 0 aliphatic heterocycles. The lowest BCUT2D eigenvalue weighted by Crippen LogP contribution is -2.68. The minimum atomic E-state index is -0.563. The molecule has 0 aromatic carbocycles. The van der Waals surface area contributed by atoms with E-state index in [1.807, 2.05) is 0 Å². The molecule has 5 aliphatic rings. The summed E-state index contributed by atoms with van der Waals surface area (Å²) in [7, 11) is 0. The van der Waals surface area contributed by atoms with Crippen LogP contribution in [0.4, 0.5) is 0 Å². The third-order valence-electron chi connectivity index (χ3n) is 13.5. The molecule has 5 fully saturated rings. The lowest BCUT2D eigenvalue weighted by atomic mass is 9.31. The van der Waals surface area contributed by atoms with E-state index >= 15 is 0 Å². The Kier molecular flexibility index (Phi) is 5.01. The number of aliphatic hydroxyl groups excluding tert-OH is 1.